The van der Waals surface area contributed by atoms with Crippen LogP contribution in [0.3, 0.4) is 0 Å². The van der Waals surface area contributed by atoms with Gasteiger partial charge in [0.05, 0.1) is 7.11 Å². The predicted molar refractivity (Wildman–Crippen MR) is 119 cm³/mol. The Labute approximate surface area is 183 Å². The number of hydrogen-bond acceptors (Lipinski definition) is 5. The number of methoxy groups -OCH3 is 1. The molecule has 5 rings (SSSR count). The third-order valence-corrected chi connectivity index (χ3v) is 7.54. The zero-order valence-electron chi connectivity index (χ0n) is 17.7. The highest BCUT2D eigenvalue weighted by atomic mass is 32.2. The molecule has 0 saturated carbocycles. The second-order valence-electron chi connectivity index (χ2n) is 8.23. The molecular weight excluding hydrogens is 410 g/mol. The fraction of sp³-hybridized carbons (Fsp3) is 0.280. The molecule has 0 saturated heterocycles. The van der Waals surface area contributed by atoms with E-state index in [4.69, 9.17) is 8.92 Å². The highest BCUT2D eigenvalue weighted by Crippen LogP contribution is 2.44. The largest absolute Gasteiger partial charge is 0.493 e. The van der Waals surface area contributed by atoms with Gasteiger partial charge in [0.1, 0.15) is 4.90 Å². The lowest BCUT2D eigenvalue weighted by Crippen LogP contribution is -2.39. The molecule has 31 heavy (non-hydrogen) atoms. The van der Waals surface area contributed by atoms with Crippen molar-refractivity contribution in [2.24, 2.45) is 0 Å². The average Bonchev–Trinajstić information content (AvgIpc) is 2.78. The van der Waals surface area contributed by atoms with Crippen LogP contribution in [-0.2, 0) is 29.5 Å². The Hall–Kier alpha value is -2.83. The standard InChI is InChI=1S/C25H25NO4S/c1-17-8-10-21-19(14-17)12-13-26-16-22-18(15-23(21)26)9-11-24(29-2)25(22)30-31(27,28)20-6-4-3-5-7-20/h3-11,14,23H,12-13,15-16H2,1-2H3. The van der Waals surface area contributed by atoms with Gasteiger partial charge in [-0.15, -0.1) is 0 Å². The van der Waals surface area contributed by atoms with Crippen LogP contribution in [0.25, 0.3) is 0 Å². The first-order valence-corrected chi connectivity index (χ1v) is 11.9. The first kappa shape index (κ1) is 20.1. The summed E-state index contributed by atoms with van der Waals surface area (Å²) in [5, 5.41) is 0. The summed E-state index contributed by atoms with van der Waals surface area (Å²) in [5.74, 6) is 0.738. The molecule has 1 atom stereocenters. The van der Waals surface area contributed by atoms with Crippen molar-refractivity contribution in [2.75, 3.05) is 13.7 Å². The summed E-state index contributed by atoms with van der Waals surface area (Å²) in [6, 6.07) is 19.1. The normalized spacial score (nSPS) is 17.9. The summed E-state index contributed by atoms with van der Waals surface area (Å²) >= 11 is 0. The van der Waals surface area contributed by atoms with E-state index in [1.165, 1.54) is 35.9 Å². The van der Waals surface area contributed by atoms with E-state index in [0.29, 0.717) is 24.1 Å². The Bertz CT molecular complexity index is 1240. The lowest BCUT2D eigenvalue weighted by atomic mass is 9.83. The predicted octanol–water partition coefficient (Wildman–Crippen LogP) is 4.43. The topological polar surface area (TPSA) is 55.8 Å². The molecule has 0 aliphatic carbocycles. The number of rotatable bonds is 4. The van der Waals surface area contributed by atoms with Gasteiger partial charge in [0.15, 0.2) is 11.5 Å². The molecule has 5 nitrogen and oxygen atoms in total. The molecule has 2 aliphatic rings. The Balaban J connectivity index is 1.55. The highest BCUT2D eigenvalue weighted by Gasteiger charge is 2.35. The quantitative estimate of drug-likeness (QED) is 0.568. The van der Waals surface area contributed by atoms with Gasteiger partial charge < -0.3 is 8.92 Å². The van der Waals surface area contributed by atoms with Gasteiger partial charge in [-0.05, 0) is 54.7 Å². The molecule has 2 heterocycles. The van der Waals surface area contributed by atoms with Crippen LogP contribution in [0.5, 0.6) is 11.5 Å². The summed E-state index contributed by atoms with van der Waals surface area (Å²) in [5.41, 5.74) is 6.08. The van der Waals surface area contributed by atoms with Gasteiger partial charge in [0.25, 0.3) is 0 Å². The molecule has 0 fully saturated rings. The minimum Gasteiger partial charge on any atom is -0.493 e. The SMILES string of the molecule is COc1ccc2c(c1OS(=O)(=O)c1ccccc1)CN1CCc3cc(C)ccc3C1C2. The number of nitrogens with zero attached hydrogens (tertiary/aromatic N) is 1. The number of benzene rings is 3. The van der Waals surface area contributed by atoms with Gasteiger partial charge in [-0.3, -0.25) is 4.90 Å². The smallest absolute Gasteiger partial charge is 0.339 e. The van der Waals surface area contributed by atoms with Gasteiger partial charge in [0.2, 0.25) is 0 Å². The molecule has 0 amide bonds. The van der Waals surface area contributed by atoms with Crippen molar-refractivity contribution >= 4 is 10.1 Å². The molecule has 160 valence electrons. The number of ether oxygens (including phenoxy) is 1. The van der Waals surface area contributed by atoms with E-state index < -0.39 is 10.1 Å². The molecule has 1 unspecified atom stereocenters. The van der Waals surface area contributed by atoms with Crippen LogP contribution >= 0.6 is 0 Å². The van der Waals surface area contributed by atoms with Crippen LogP contribution in [-0.4, -0.2) is 27.0 Å². The Morgan fingerprint density at radius 1 is 1.00 bits per heavy atom. The minimum absolute atomic E-state index is 0.130. The average molecular weight is 436 g/mol. The molecule has 0 bridgehead atoms. The summed E-state index contributed by atoms with van der Waals surface area (Å²) in [4.78, 5) is 2.55. The van der Waals surface area contributed by atoms with Crippen LogP contribution in [0.4, 0.5) is 0 Å². The van der Waals surface area contributed by atoms with E-state index in [1.807, 2.05) is 12.1 Å². The van der Waals surface area contributed by atoms with Crippen LogP contribution < -0.4 is 8.92 Å². The van der Waals surface area contributed by atoms with E-state index in [2.05, 4.69) is 30.0 Å². The van der Waals surface area contributed by atoms with Crippen LogP contribution in [0.1, 0.15) is 33.9 Å². The van der Waals surface area contributed by atoms with Crippen molar-refractivity contribution in [3.05, 3.63) is 88.5 Å². The van der Waals surface area contributed by atoms with Crippen LogP contribution in [0, 0.1) is 6.92 Å². The van der Waals surface area contributed by atoms with E-state index in [-0.39, 0.29) is 4.90 Å². The maximum Gasteiger partial charge on any atom is 0.339 e. The molecule has 3 aromatic carbocycles. The van der Waals surface area contributed by atoms with Gasteiger partial charge in [-0.2, -0.15) is 8.42 Å². The Morgan fingerprint density at radius 2 is 1.81 bits per heavy atom. The highest BCUT2D eigenvalue weighted by molar-refractivity contribution is 7.87. The summed E-state index contributed by atoms with van der Waals surface area (Å²) < 4.78 is 37.1. The first-order valence-electron chi connectivity index (χ1n) is 10.5. The van der Waals surface area contributed by atoms with Crippen molar-refractivity contribution in [3.8, 4) is 11.5 Å². The van der Waals surface area contributed by atoms with Crippen molar-refractivity contribution in [1.29, 1.82) is 0 Å². The second kappa shape index (κ2) is 7.70. The second-order valence-corrected chi connectivity index (χ2v) is 9.77. The van der Waals surface area contributed by atoms with E-state index >= 15 is 0 Å². The van der Waals surface area contributed by atoms with Crippen molar-refractivity contribution < 1.29 is 17.3 Å². The Morgan fingerprint density at radius 3 is 2.58 bits per heavy atom. The molecule has 0 aromatic heterocycles. The third kappa shape index (κ3) is 3.60. The zero-order chi connectivity index (χ0) is 21.6. The molecule has 0 spiro atoms. The summed E-state index contributed by atoms with van der Waals surface area (Å²) in [6.45, 7) is 3.69. The molecule has 2 aliphatic heterocycles. The zero-order valence-corrected chi connectivity index (χ0v) is 18.5. The molecule has 3 aromatic rings. The van der Waals surface area contributed by atoms with Crippen molar-refractivity contribution in [3.63, 3.8) is 0 Å². The van der Waals surface area contributed by atoms with Gasteiger partial charge in [-0.25, -0.2) is 0 Å². The molecular formula is C25H25NO4S. The maximum absolute atomic E-state index is 12.9. The third-order valence-electron chi connectivity index (χ3n) is 6.31. The molecule has 0 N–H and O–H groups in total. The fourth-order valence-electron chi connectivity index (χ4n) is 4.74. The summed E-state index contributed by atoms with van der Waals surface area (Å²) in [6.07, 6.45) is 1.81. The minimum atomic E-state index is -3.96. The van der Waals surface area contributed by atoms with Crippen LogP contribution in [0.15, 0.2) is 65.6 Å². The van der Waals surface area contributed by atoms with Gasteiger partial charge >= 0.3 is 10.1 Å². The maximum atomic E-state index is 12.9. The molecule has 6 heteroatoms. The number of aryl methyl sites for hydroxylation is 1. The first-order chi connectivity index (χ1) is 15.0. The van der Waals surface area contributed by atoms with Gasteiger partial charge in [0, 0.05) is 24.7 Å². The summed E-state index contributed by atoms with van der Waals surface area (Å²) in [7, 11) is -2.42. The lowest BCUT2D eigenvalue weighted by molar-refractivity contribution is 0.159. The lowest BCUT2D eigenvalue weighted by Gasteiger charge is -2.42. The van der Waals surface area contributed by atoms with E-state index in [1.54, 1.807) is 18.2 Å². The Kier molecular flexibility index (Phi) is 4.99. The van der Waals surface area contributed by atoms with E-state index in [0.717, 1.165) is 30.5 Å². The number of fused-ring (bicyclic) bond motifs is 4. The number of hydrogen-bond donors (Lipinski definition) is 0. The fourth-order valence-corrected chi connectivity index (χ4v) is 5.73. The monoisotopic (exact) mass is 435 g/mol. The van der Waals surface area contributed by atoms with Crippen molar-refractivity contribution in [2.45, 2.75) is 37.2 Å². The van der Waals surface area contributed by atoms with E-state index in [9.17, 15) is 8.42 Å². The van der Waals surface area contributed by atoms with Gasteiger partial charge in [-0.1, -0.05) is 48.0 Å². The van der Waals surface area contributed by atoms with Crippen LogP contribution in [0.2, 0.25) is 0 Å². The van der Waals surface area contributed by atoms with Crippen molar-refractivity contribution in [1.82, 2.24) is 4.90 Å². The molecule has 0 radical (unpaired) electrons.